The summed E-state index contributed by atoms with van der Waals surface area (Å²) in [6.45, 7) is 3.22. The molecule has 1 N–H and O–H groups in total. The first-order chi connectivity index (χ1) is 12.4. The third-order valence-corrected chi connectivity index (χ3v) is 5.02. The van der Waals surface area contributed by atoms with E-state index in [9.17, 15) is 0 Å². The number of pyridine rings is 1. The van der Waals surface area contributed by atoms with Crippen LogP contribution in [-0.2, 0) is 13.0 Å². The highest BCUT2D eigenvalue weighted by atomic mass is 15.3. The van der Waals surface area contributed by atoms with Crippen molar-refractivity contribution in [3.05, 3.63) is 77.4 Å². The van der Waals surface area contributed by atoms with E-state index in [1.165, 1.54) is 16.8 Å². The summed E-state index contributed by atoms with van der Waals surface area (Å²) in [5.74, 6) is 0.530. The second-order valence-electron chi connectivity index (χ2n) is 6.74. The smallest absolute Gasteiger partial charge is 0.0903 e. The maximum Gasteiger partial charge on any atom is 0.0903 e. The molecule has 5 heteroatoms. The minimum Gasteiger partial charge on any atom is -0.299 e. The summed E-state index contributed by atoms with van der Waals surface area (Å²) in [4.78, 5) is 6.61. The molecule has 25 heavy (non-hydrogen) atoms. The van der Waals surface area contributed by atoms with E-state index < -0.39 is 0 Å². The number of rotatable bonds is 5. The third-order valence-electron chi connectivity index (χ3n) is 5.02. The minimum atomic E-state index is 0.530. The normalized spacial score (nSPS) is 16.2. The van der Waals surface area contributed by atoms with Crippen LogP contribution >= 0.6 is 0 Å². The second-order valence-corrected chi connectivity index (χ2v) is 6.74. The average molecular weight is 333 g/mol. The highest BCUT2D eigenvalue weighted by Crippen LogP contribution is 2.29. The lowest BCUT2D eigenvalue weighted by Gasteiger charge is -2.31. The lowest BCUT2D eigenvalue weighted by Crippen LogP contribution is -2.32. The molecule has 1 aliphatic rings. The Bertz CT molecular complexity index is 776. The van der Waals surface area contributed by atoms with Gasteiger partial charge < -0.3 is 0 Å². The van der Waals surface area contributed by atoms with E-state index in [2.05, 4.69) is 61.7 Å². The third kappa shape index (κ3) is 3.94. The summed E-state index contributed by atoms with van der Waals surface area (Å²) in [5.41, 5.74) is 4.94. The van der Waals surface area contributed by atoms with Crippen molar-refractivity contribution < 1.29 is 0 Å². The highest BCUT2D eigenvalue weighted by molar-refractivity contribution is 5.25. The van der Waals surface area contributed by atoms with E-state index in [0.29, 0.717) is 5.92 Å². The van der Waals surface area contributed by atoms with Gasteiger partial charge in [-0.15, -0.1) is 5.10 Å². The number of hydrogen-bond donors (Lipinski definition) is 1. The van der Waals surface area contributed by atoms with Gasteiger partial charge in [-0.3, -0.25) is 15.0 Å². The van der Waals surface area contributed by atoms with Crippen LogP contribution in [-0.4, -0.2) is 38.4 Å². The molecule has 0 saturated carbocycles. The Labute approximate surface area is 148 Å². The van der Waals surface area contributed by atoms with Crippen LogP contribution in [0.1, 0.15) is 41.3 Å². The lowest BCUT2D eigenvalue weighted by atomic mass is 9.91. The van der Waals surface area contributed by atoms with Crippen LogP contribution in [0.25, 0.3) is 0 Å². The van der Waals surface area contributed by atoms with E-state index in [1.807, 2.05) is 18.5 Å². The van der Waals surface area contributed by atoms with Crippen molar-refractivity contribution in [2.24, 2.45) is 0 Å². The molecule has 0 bridgehead atoms. The van der Waals surface area contributed by atoms with Gasteiger partial charge >= 0.3 is 0 Å². The summed E-state index contributed by atoms with van der Waals surface area (Å²) in [5, 5.41) is 11.6. The largest absolute Gasteiger partial charge is 0.299 e. The summed E-state index contributed by atoms with van der Waals surface area (Å²) in [7, 11) is 0. The molecule has 2 aromatic heterocycles. The predicted octanol–water partition coefficient (Wildman–Crippen LogP) is 3.17. The standard InChI is InChI=1S/C20H23N5/c1-2-4-16(5-3-1)14-19-20(23-24-22-19)18-8-12-25(13-9-18)15-17-6-10-21-11-7-17/h1-7,10-11,18H,8-9,12-15H2,(H,22,23,24). The van der Waals surface area contributed by atoms with E-state index in [4.69, 9.17) is 0 Å². The minimum absolute atomic E-state index is 0.530. The molecule has 1 fully saturated rings. The molecule has 5 nitrogen and oxygen atoms in total. The molecule has 0 unspecified atom stereocenters. The Balaban J connectivity index is 1.37. The lowest BCUT2D eigenvalue weighted by molar-refractivity contribution is 0.203. The summed E-state index contributed by atoms with van der Waals surface area (Å²) in [6.07, 6.45) is 6.89. The SMILES string of the molecule is c1ccc(Cc2nn[nH]c2C2CCN(Cc3ccncc3)CC2)cc1. The van der Waals surface area contributed by atoms with Crippen molar-refractivity contribution in [2.45, 2.75) is 31.7 Å². The second kappa shape index (κ2) is 7.57. The molecule has 128 valence electrons. The van der Waals surface area contributed by atoms with E-state index in [0.717, 1.165) is 44.6 Å². The van der Waals surface area contributed by atoms with E-state index in [1.54, 1.807) is 0 Å². The Morgan fingerprint density at radius 2 is 1.72 bits per heavy atom. The van der Waals surface area contributed by atoms with Gasteiger partial charge in [0.1, 0.15) is 0 Å². The molecular weight excluding hydrogens is 310 g/mol. The Morgan fingerprint density at radius 1 is 0.960 bits per heavy atom. The van der Waals surface area contributed by atoms with Gasteiger partial charge in [0.25, 0.3) is 0 Å². The molecule has 0 amide bonds. The zero-order chi connectivity index (χ0) is 16.9. The molecule has 3 aromatic rings. The predicted molar refractivity (Wildman–Crippen MR) is 97.1 cm³/mol. The van der Waals surface area contributed by atoms with Crippen molar-refractivity contribution in [3.63, 3.8) is 0 Å². The van der Waals surface area contributed by atoms with Gasteiger partial charge in [-0.2, -0.15) is 0 Å². The maximum absolute atomic E-state index is 4.35. The average Bonchev–Trinajstić information content (AvgIpc) is 3.12. The topological polar surface area (TPSA) is 57.7 Å². The molecule has 4 rings (SSSR count). The van der Waals surface area contributed by atoms with Crippen LogP contribution in [0.5, 0.6) is 0 Å². The van der Waals surface area contributed by atoms with E-state index >= 15 is 0 Å². The number of aromatic nitrogens is 4. The molecule has 0 atom stereocenters. The van der Waals surface area contributed by atoms with Crippen LogP contribution in [0.4, 0.5) is 0 Å². The van der Waals surface area contributed by atoms with Crippen LogP contribution in [0, 0.1) is 0 Å². The zero-order valence-electron chi connectivity index (χ0n) is 14.3. The number of hydrogen-bond acceptors (Lipinski definition) is 4. The number of piperidine rings is 1. The molecule has 1 aliphatic heterocycles. The molecule has 0 aliphatic carbocycles. The molecule has 0 spiro atoms. The number of aromatic amines is 1. The fourth-order valence-corrected chi connectivity index (χ4v) is 3.63. The molecule has 0 radical (unpaired) electrons. The zero-order valence-corrected chi connectivity index (χ0v) is 14.3. The fourth-order valence-electron chi connectivity index (χ4n) is 3.63. The molecule has 3 heterocycles. The van der Waals surface area contributed by atoms with Crippen molar-refractivity contribution in [2.75, 3.05) is 13.1 Å². The first-order valence-corrected chi connectivity index (χ1v) is 8.93. The van der Waals surface area contributed by atoms with Crippen LogP contribution in [0.3, 0.4) is 0 Å². The van der Waals surface area contributed by atoms with Crippen LogP contribution in [0.2, 0.25) is 0 Å². The van der Waals surface area contributed by atoms with Gasteiger partial charge in [-0.1, -0.05) is 35.5 Å². The monoisotopic (exact) mass is 333 g/mol. The molecular formula is C20H23N5. The summed E-state index contributed by atoms with van der Waals surface area (Å²) in [6, 6.07) is 14.7. The summed E-state index contributed by atoms with van der Waals surface area (Å²) >= 11 is 0. The van der Waals surface area contributed by atoms with Gasteiger partial charge in [0.05, 0.1) is 11.4 Å². The van der Waals surface area contributed by atoms with Gasteiger partial charge in [0.2, 0.25) is 0 Å². The first kappa shape index (κ1) is 16.0. The Hall–Kier alpha value is -2.53. The van der Waals surface area contributed by atoms with E-state index in [-0.39, 0.29) is 0 Å². The highest BCUT2D eigenvalue weighted by Gasteiger charge is 2.24. The maximum atomic E-state index is 4.35. The van der Waals surface area contributed by atoms with Crippen LogP contribution in [0.15, 0.2) is 54.9 Å². The molecule has 1 aromatic carbocycles. The number of benzene rings is 1. The van der Waals surface area contributed by atoms with Crippen molar-refractivity contribution in [1.29, 1.82) is 0 Å². The number of nitrogens with one attached hydrogen (secondary N) is 1. The number of H-pyrrole nitrogens is 1. The van der Waals surface area contributed by atoms with Gasteiger partial charge in [0, 0.05) is 31.3 Å². The number of likely N-dealkylation sites (tertiary alicyclic amines) is 1. The quantitative estimate of drug-likeness (QED) is 0.779. The van der Waals surface area contributed by atoms with Crippen molar-refractivity contribution in [1.82, 2.24) is 25.3 Å². The van der Waals surface area contributed by atoms with Crippen LogP contribution < -0.4 is 0 Å². The van der Waals surface area contributed by atoms with Gasteiger partial charge in [-0.25, -0.2) is 0 Å². The first-order valence-electron chi connectivity index (χ1n) is 8.93. The van der Waals surface area contributed by atoms with Gasteiger partial charge in [0.15, 0.2) is 0 Å². The molecule has 1 saturated heterocycles. The summed E-state index contributed by atoms with van der Waals surface area (Å²) < 4.78 is 0. The Kier molecular flexibility index (Phi) is 4.84. The van der Waals surface area contributed by atoms with Crippen molar-refractivity contribution >= 4 is 0 Å². The number of nitrogens with zero attached hydrogens (tertiary/aromatic N) is 4. The Morgan fingerprint density at radius 3 is 2.48 bits per heavy atom. The fraction of sp³-hybridized carbons (Fsp3) is 0.350. The van der Waals surface area contributed by atoms with Crippen molar-refractivity contribution in [3.8, 4) is 0 Å². The van der Waals surface area contributed by atoms with Gasteiger partial charge in [-0.05, 0) is 49.2 Å².